The van der Waals surface area contributed by atoms with Crippen molar-refractivity contribution in [2.75, 3.05) is 0 Å². The van der Waals surface area contributed by atoms with Crippen molar-refractivity contribution < 1.29 is 4.39 Å². The summed E-state index contributed by atoms with van der Waals surface area (Å²) in [6.07, 6.45) is 2.08. The lowest BCUT2D eigenvalue weighted by atomic mass is 9.89. The van der Waals surface area contributed by atoms with Crippen molar-refractivity contribution in [3.8, 4) is 0 Å². The standard InChI is InChI=1S/C11H15BrFN/c1-11(2,3)10(12)6-9-5-4-8(13)7-14-9/h4-5,7,10H,6H2,1-3H3. The molecule has 0 aromatic carbocycles. The van der Waals surface area contributed by atoms with E-state index < -0.39 is 0 Å². The van der Waals surface area contributed by atoms with E-state index in [9.17, 15) is 4.39 Å². The maximum absolute atomic E-state index is 12.6. The topological polar surface area (TPSA) is 12.9 Å². The fourth-order valence-corrected chi connectivity index (χ4v) is 1.35. The molecule has 1 heterocycles. The highest BCUT2D eigenvalue weighted by Gasteiger charge is 2.22. The predicted octanol–water partition coefficient (Wildman–Crippen LogP) is 3.57. The second-order valence-corrected chi connectivity index (χ2v) is 5.61. The molecule has 0 N–H and O–H groups in total. The highest BCUT2D eigenvalue weighted by Crippen LogP contribution is 2.28. The molecule has 0 aliphatic heterocycles. The molecule has 0 spiro atoms. The molecule has 0 radical (unpaired) electrons. The summed E-state index contributed by atoms with van der Waals surface area (Å²) in [5.74, 6) is -0.282. The molecular formula is C11H15BrFN. The van der Waals surface area contributed by atoms with Crippen LogP contribution in [0.2, 0.25) is 0 Å². The van der Waals surface area contributed by atoms with E-state index in [1.165, 1.54) is 12.3 Å². The molecule has 0 saturated carbocycles. The van der Waals surface area contributed by atoms with E-state index in [1.807, 2.05) is 0 Å². The number of hydrogen-bond acceptors (Lipinski definition) is 1. The van der Waals surface area contributed by atoms with E-state index in [2.05, 4.69) is 41.7 Å². The average molecular weight is 260 g/mol. The SMILES string of the molecule is CC(C)(C)C(Br)Cc1ccc(F)cn1. The molecule has 0 aliphatic rings. The first kappa shape index (κ1) is 11.6. The first-order valence-electron chi connectivity index (χ1n) is 4.64. The van der Waals surface area contributed by atoms with Gasteiger partial charge in [0.2, 0.25) is 0 Å². The van der Waals surface area contributed by atoms with Crippen LogP contribution in [0.5, 0.6) is 0 Å². The van der Waals surface area contributed by atoms with Crippen LogP contribution in [0, 0.1) is 11.2 Å². The summed E-state index contributed by atoms with van der Waals surface area (Å²) in [6, 6.07) is 3.18. The summed E-state index contributed by atoms with van der Waals surface area (Å²) < 4.78 is 12.6. The van der Waals surface area contributed by atoms with Gasteiger partial charge in [-0.15, -0.1) is 0 Å². The van der Waals surface area contributed by atoms with Crippen molar-refractivity contribution in [2.24, 2.45) is 5.41 Å². The number of rotatable bonds is 2. The molecule has 1 rings (SSSR count). The molecule has 1 aromatic heterocycles. The van der Waals surface area contributed by atoms with Gasteiger partial charge in [0, 0.05) is 16.9 Å². The molecule has 78 valence electrons. The Hall–Kier alpha value is -0.440. The van der Waals surface area contributed by atoms with Crippen molar-refractivity contribution in [1.29, 1.82) is 0 Å². The highest BCUT2D eigenvalue weighted by molar-refractivity contribution is 9.09. The van der Waals surface area contributed by atoms with Gasteiger partial charge in [-0.25, -0.2) is 4.39 Å². The van der Waals surface area contributed by atoms with Gasteiger partial charge in [0.05, 0.1) is 6.20 Å². The molecule has 3 heteroatoms. The van der Waals surface area contributed by atoms with Crippen LogP contribution in [0.1, 0.15) is 26.5 Å². The Kier molecular flexibility index (Phi) is 3.65. The fourth-order valence-electron chi connectivity index (χ4n) is 1.02. The third-order valence-corrected chi connectivity index (χ3v) is 3.81. The largest absolute Gasteiger partial charge is 0.258 e. The lowest BCUT2D eigenvalue weighted by Gasteiger charge is -2.25. The molecule has 14 heavy (non-hydrogen) atoms. The van der Waals surface area contributed by atoms with E-state index in [-0.39, 0.29) is 11.2 Å². The maximum atomic E-state index is 12.6. The number of aromatic nitrogens is 1. The predicted molar refractivity (Wildman–Crippen MR) is 60.1 cm³/mol. The Morgan fingerprint density at radius 3 is 2.50 bits per heavy atom. The molecule has 1 unspecified atom stereocenters. The second-order valence-electron chi connectivity index (χ2n) is 4.51. The Balaban J connectivity index is 2.65. The summed E-state index contributed by atoms with van der Waals surface area (Å²) in [5, 5.41) is 0. The van der Waals surface area contributed by atoms with Crippen molar-refractivity contribution in [3.05, 3.63) is 29.8 Å². The summed E-state index contributed by atoms with van der Waals surface area (Å²) in [5.41, 5.74) is 1.11. The Morgan fingerprint density at radius 1 is 1.43 bits per heavy atom. The summed E-state index contributed by atoms with van der Waals surface area (Å²) >= 11 is 3.62. The van der Waals surface area contributed by atoms with Gasteiger partial charge in [-0.2, -0.15) is 0 Å². The van der Waals surface area contributed by atoms with Gasteiger partial charge in [-0.05, 0) is 17.5 Å². The molecule has 0 amide bonds. The van der Waals surface area contributed by atoms with Crippen molar-refractivity contribution in [2.45, 2.75) is 32.0 Å². The van der Waals surface area contributed by atoms with Crippen LogP contribution in [0.3, 0.4) is 0 Å². The maximum Gasteiger partial charge on any atom is 0.141 e. The molecule has 0 aliphatic carbocycles. The summed E-state index contributed by atoms with van der Waals surface area (Å²) in [6.45, 7) is 6.49. The second kappa shape index (κ2) is 4.39. The van der Waals surface area contributed by atoms with Gasteiger partial charge >= 0.3 is 0 Å². The lowest BCUT2D eigenvalue weighted by molar-refractivity contribution is 0.396. The van der Waals surface area contributed by atoms with Crippen LogP contribution in [0.25, 0.3) is 0 Å². The molecule has 1 nitrogen and oxygen atoms in total. The van der Waals surface area contributed by atoms with E-state index in [0.29, 0.717) is 4.83 Å². The van der Waals surface area contributed by atoms with Crippen LogP contribution >= 0.6 is 15.9 Å². The first-order valence-corrected chi connectivity index (χ1v) is 5.55. The Bertz CT molecular complexity index is 289. The zero-order chi connectivity index (χ0) is 10.8. The summed E-state index contributed by atoms with van der Waals surface area (Å²) in [4.78, 5) is 4.38. The number of halogens is 2. The van der Waals surface area contributed by atoms with E-state index >= 15 is 0 Å². The minimum Gasteiger partial charge on any atom is -0.258 e. The van der Waals surface area contributed by atoms with Crippen molar-refractivity contribution >= 4 is 15.9 Å². The quantitative estimate of drug-likeness (QED) is 0.741. The van der Waals surface area contributed by atoms with Gasteiger partial charge < -0.3 is 0 Å². The van der Waals surface area contributed by atoms with Crippen molar-refractivity contribution in [1.82, 2.24) is 4.98 Å². The van der Waals surface area contributed by atoms with E-state index in [0.717, 1.165) is 12.1 Å². The minimum absolute atomic E-state index is 0.191. The van der Waals surface area contributed by atoms with Crippen LogP contribution < -0.4 is 0 Å². The van der Waals surface area contributed by atoms with E-state index in [1.54, 1.807) is 6.07 Å². The van der Waals surface area contributed by atoms with Crippen LogP contribution in [0.15, 0.2) is 18.3 Å². The molecule has 1 atom stereocenters. The lowest BCUT2D eigenvalue weighted by Crippen LogP contribution is -2.22. The van der Waals surface area contributed by atoms with Gasteiger partial charge in [0.1, 0.15) is 5.82 Å². The first-order chi connectivity index (χ1) is 6.39. The van der Waals surface area contributed by atoms with Crippen LogP contribution in [-0.2, 0) is 6.42 Å². The number of nitrogens with zero attached hydrogens (tertiary/aromatic N) is 1. The Labute approximate surface area is 92.9 Å². The van der Waals surface area contributed by atoms with Crippen LogP contribution in [-0.4, -0.2) is 9.81 Å². The molecule has 0 saturated heterocycles. The number of pyridine rings is 1. The van der Waals surface area contributed by atoms with Crippen LogP contribution in [0.4, 0.5) is 4.39 Å². The number of hydrogen-bond donors (Lipinski definition) is 0. The molecule has 0 fully saturated rings. The van der Waals surface area contributed by atoms with Gasteiger partial charge in [-0.3, -0.25) is 4.98 Å². The van der Waals surface area contributed by atoms with Crippen molar-refractivity contribution in [3.63, 3.8) is 0 Å². The fraction of sp³-hybridized carbons (Fsp3) is 0.545. The monoisotopic (exact) mass is 259 g/mol. The minimum atomic E-state index is -0.282. The molecular weight excluding hydrogens is 245 g/mol. The number of alkyl halides is 1. The third kappa shape index (κ3) is 3.37. The normalized spacial score (nSPS) is 14.1. The highest BCUT2D eigenvalue weighted by atomic mass is 79.9. The average Bonchev–Trinajstić information content (AvgIpc) is 2.07. The van der Waals surface area contributed by atoms with E-state index in [4.69, 9.17) is 0 Å². The zero-order valence-corrected chi connectivity index (χ0v) is 10.3. The smallest absolute Gasteiger partial charge is 0.141 e. The molecule has 0 bridgehead atoms. The third-order valence-electron chi connectivity index (χ3n) is 2.12. The zero-order valence-electron chi connectivity index (χ0n) is 8.72. The molecule has 1 aromatic rings. The summed E-state index contributed by atoms with van der Waals surface area (Å²) in [7, 11) is 0. The van der Waals surface area contributed by atoms with Gasteiger partial charge in [0.15, 0.2) is 0 Å². The van der Waals surface area contributed by atoms with Gasteiger partial charge in [-0.1, -0.05) is 36.7 Å². The van der Waals surface area contributed by atoms with Gasteiger partial charge in [0.25, 0.3) is 0 Å². The Morgan fingerprint density at radius 2 is 2.07 bits per heavy atom.